The molecule has 1 aliphatic rings. The maximum Gasteiger partial charge on any atom is 0.410 e. The molecule has 92 valence electrons. The number of carbonyl (C=O) groups excluding carboxylic acids is 1. The van der Waals surface area contributed by atoms with Crippen molar-refractivity contribution in [1.29, 1.82) is 0 Å². The standard InChI is InChI=1S/C10H12N2O4S/c11-17(14,15)9-4-2-1-3-8(9)7-12-5-6-16-10(12)13/h1-4H,5-7H2,(H2,11,14,15). The van der Waals surface area contributed by atoms with Gasteiger partial charge in [0.05, 0.1) is 18.0 Å². The monoisotopic (exact) mass is 256 g/mol. The zero-order valence-electron chi connectivity index (χ0n) is 9.00. The third-order valence-corrected chi connectivity index (χ3v) is 3.50. The quantitative estimate of drug-likeness (QED) is 0.841. The van der Waals surface area contributed by atoms with E-state index < -0.39 is 16.1 Å². The SMILES string of the molecule is NS(=O)(=O)c1ccccc1CN1CCOC1=O. The third-order valence-electron chi connectivity index (χ3n) is 2.49. The largest absolute Gasteiger partial charge is 0.448 e. The molecule has 1 saturated heterocycles. The summed E-state index contributed by atoms with van der Waals surface area (Å²) in [6.07, 6.45) is -0.436. The Labute approximate surface area is 99.0 Å². The Kier molecular flexibility index (Phi) is 3.03. The van der Waals surface area contributed by atoms with Crippen LogP contribution in [-0.4, -0.2) is 32.6 Å². The van der Waals surface area contributed by atoms with Crippen LogP contribution in [0.15, 0.2) is 29.2 Å². The number of primary sulfonamides is 1. The summed E-state index contributed by atoms with van der Waals surface area (Å²) < 4.78 is 27.5. The molecule has 0 atom stereocenters. The van der Waals surface area contributed by atoms with Gasteiger partial charge in [-0.25, -0.2) is 18.4 Å². The van der Waals surface area contributed by atoms with Crippen LogP contribution in [0.5, 0.6) is 0 Å². The molecule has 0 aliphatic carbocycles. The number of cyclic esters (lactones) is 1. The zero-order valence-corrected chi connectivity index (χ0v) is 9.81. The maximum absolute atomic E-state index is 11.4. The van der Waals surface area contributed by atoms with Gasteiger partial charge >= 0.3 is 6.09 Å². The Bertz CT molecular complexity index is 541. The molecule has 1 fully saturated rings. The van der Waals surface area contributed by atoms with Gasteiger partial charge in [-0.3, -0.25) is 0 Å². The van der Waals surface area contributed by atoms with Gasteiger partial charge < -0.3 is 9.64 Å². The summed E-state index contributed by atoms with van der Waals surface area (Å²) in [6.45, 7) is 0.972. The predicted octanol–water partition coefficient (Wildman–Crippen LogP) is 0.286. The van der Waals surface area contributed by atoms with Crippen molar-refractivity contribution in [2.24, 2.45) is 5.14 Å². The molecular formula is C10H12N2O4S. The number of ether oxygens (including phenoxy) is 1. The number of benzene rings is 1. The first kappa shape index (κ1) is 11.9. The van der Waals surface area contributed by atoms with Gasteiger partial charge in [-0.2, -0.15) is 0 Å². The summed E-state index contributed by atoms with van der Waals surface area (Å²) >= 11 is 0. The summed E-state index contributed by atoms with van der Waals surface area (Å²) in [6, 6.07) is 6.34. The number of amides is 1. The van der Waals surface area contributed by atoms with E-state index >= 15 is 0 Å². The minimum Gasteiger partial charge on any atom is -0.448 e. The van der Waals surface area contributed by atoms with Crippen LogP contribution in [0.1, 0.15) is 5.56 Å². The van der Waals surface area contributed by atoms with E-state index in [4.69, 9.17) is 9.88 Å². The molecule has 1 heterocycles. The van der Waals surface area contributed by atoms with Crippen molar-refractivity contribution in [2.45, 2.75) is 11.4 Å². The highest BCUT2D eigenvalue weighted by molar-refractivity contribution is 7.89. The average Bonchev–Trinajstić information content (AvgIpc) is 2.64. The van der Waals surface area contributed by atoms with E-state index in [2.05, 4.69) is 0 Å². The van der Waals surface area contributed by atoms with Gasteiger partial charge in [0, 0.05) is 0 Å². The second-order valence-corrected chi connectivity index (χ2v) is 5.22. The Morgan fingerprint density at radius 3 is 2.65 bits per heavy atom. The number of hydrogen-bond donors (Lipinski definition) is 1. The van der Waals surface area contributed by atoms with Gasteiger partial charge in [-0.15, -0.1) is 0 Å². The molecule has 0 spiro atoms. The first-order chi connectivity index (χ1) is 7.98. The van der Waals surface area contributed by atoms with Crippen LogP contribution in [0, 0.1) is 0 Å². The number of carbonyl (C=O) groups is 1. The lowest BCUT2D eigenvalue weighted by molar-refractivity contribution is 0.157. The van der Waals surface area contributed by atoms with Crippen LogP contribution in [0.3, 0.4) is 0 Å². The minimum absolute atomic E-state index is 0.0414. The second-order valence-electron chi connectivity index (χ2n) is 3.69. The molecule has 6 nitrogen and oxygen atoms in total. The van der Waals surface area contributed by atoms with Crippen molar-refractivity contribution in [2.75, 3.05) is 13.2 Å². The van der Waals surface area contributed by atoms with E-state index in [-0.39, 0.29) is 11.4 Å². The molecular weight excluding hydrogens is 244 g/mol. The summed E-state index contributed by atoms with van der Waals surface area (Å²) in [5.74, 6) is 0. The average molecular weight is 256 g/mol. The van der Waals surface area contributed by atoms with E-state index in [9.17, 15) is 13.2 Å². The van der Waals surface area contributed by atoms with Crippen molar-refractivity contribution in [3.63, 3.8) is 0 Å². The molecule has 7 heteroatoms. The zero-order chi connectivity index (χ0) is 12.5. The van der Waals surface area contributed by atoms with Crippen molar-refractivity contribution in [3.8, 4) is 0 Å². The molecule has 1 amide bonds. The van der Waals surface area contributed by atoms with Gasteiger partial charge in [0.2, 0.25) is 10.0 Å². The van der Waals surface area contributed by atoms with Crippen LogP contribution in [-0.2, 0) is 21.3 Å². The van der Waals surface area contributed by atoms with E-state index in [1.54, 1.807) is 18.2 Å². The van der Waals surface area contributed by atoms with Crippen molar-refractivity contribution < 1.29 is 17.9 Å². The van der Waals surface area contributed by atoms with Gasteiger partial charge in [-0.05, 0) is 11.6 Å². The summed E-state index contributed by atoms with van der Waals surface area (Å²) in [7, 11) is -3.77. The molecule has 1 aromatic rings. The normalized spacial score (nSPS) is 16.1. The fourth-order valence-electron chi connectivity index (χ4n) is 1.69. The lowest BCUT2D eigenvalue weighted by Gasteiger charge is -2.14. The summed E-state index contributed by atoms with van der Waals surface area (Å²) in [5, 5.41) is 5.10. The number of nitrogens with zero attached hydrogens (tertiary/aromatic N) is 1. The van der Waals surface area contributed by atoms with Gasteiger partial charge in [0.15, 0.2) is 0 Å². The van der Waals surface area contributed by atoms with E-state index in [0.29, 0.717) is 18.7 Å². The third kappa shape index (κ3) is 2.56. The number of nitrogens with two attached hydrogens (primary N) is 1. The molecule has 0 radical (unpaired) electrons. The second kappa shape index (κ2) is 4.34. The molecule has 0 saturated carbocycles. The highest BCUT2D eigenvalue weighted by atomic mass is 32.2. The van der Waals surface area contributed by atoms with Crippen LogP contribution >= 0.6 is 0 Å². The maximum atomic E-state index is 11.4. The molecule has 0 aromatic heterocycles. The Balaban J connectivity index is 2.30. The van der Waals surface area contributed by atoms with Crippen molar-refractivity contribution >= 4 is 16.1 Å². The lowest BCUT2D eigenvalue weighted by Crippen LogP contribution is -2.25. The summed E-state index contributed by atoms with van der Waals surface area (Å²) in [4.78, 5) is 12.7. The molecule has 1 aromatic carbocycles. The number of hydrogen-bond acceptors (Lipinski definition) is 4. The molecule has 17 heavy (non-hydrogen) atoms. The highest BCUT2D eigenvalue weighted by Crippen LogP contribution is 2.17. The van der Waals surface area contributed by atoms with Crippen molar-refractivity contribution in [1.82, 2.24) is 4.90 Å². The number of rotatable bonds is 3. The summed E-state index contributed by atoms with van der Waals surface area (Å²) in [5.41, 5.74) is 0.494. The fraction of sp³-hybridized carbons (Fsp3) is 0.300. The Morgan fingerprint density at radius 2 is 2.06 bits per heavy atom. The molecule has 0 unspecified atom stereocenters. The first-order valence-electron chi connectivity index (χ1n) is 5.01. The van der Waals surface area contributed by atoms with Gasteiger partial charge in [0.1, 0.15) is 6.61 Å². The molecule has 0 bridgehead atoms. The van der Waals surface area contributed by atoms with Crippen LogP contribution in [0.25, 0.3) is 0 Å². The van der Waals surface area contributed by atoms with Gasteiger partial charge in [0.25, 0.3) is 0 Å². The van der Waals surface area contributed by atoms with Crippen molar-refractivity contribution in [3.05, 3.63) is 29.8 Å². The first-order valence-corrected chi connectivity index (χ1v) is 6.55. The molecule has 2 N–H and O–H groups in total. The van der Waals surface area contributed by atoms with Crippen LogP contribution in [0.4, 0.5) is 4.79 Å². The van der Waals surface area contributed by atoms with E-state index in [1.807, 2.05) is 0 Å². The lowest BCUT2D eigenvalue weighted by atomic mass is 10.2. The van der Waals surface area contributed by atoms with E-state index in [1.165, 1.54) is 11.0 Å². The van der Waals surface area contributed by atoms with Crippen LogP contribution < -0.4 is 5.14 Å². The minimum atomic E-state index is -3.77. The van der Waals surface area contributed by atoms with Gasteiger partial charge in [-0.1, -0.05) is 18.2 Å². The fourth-order valence-corrected chi connectivity index (χ4v) is 2.45. The van der Waals surface area contributed by atoms with E-state index in [0.717, 1.165) is 0 Å². The molecule has 2 rings (SSSR count). The topological polar surface area (TPSA) is 89.7 Å². The molecule has 1 aliphatic heterocycles. The highest BCUT2D eigenvalue weighted by Gasteiger charge is 2.24. The Hall–Kier alpha value is -1.60. The smallest absolute Gasteiger partial charge is 0.410 e. The Morgan fingerprint density at radius 1 is 1.35 bits per heavy atom. The number of sulfonamides is 1. The van der Waals surface area contributed by atoms with Crippen LogP contribution in [0.2, 0.25) is 0 Å². The predicted molar refractivity (Wildman–Crippen MR) is 59.6 cm³/mol.